The molecule has 0 aliphatic carbocycles. The molecule has 0 aromatic heterocycles. The molecule has 7 heteroatoms. The maximum Gasteiger partial charge on any atom is 0.119 e. The first-order valence-corrected chi connectivity index (χ1v) is 16.5. The second-order valence-electron chi connectivity index (χ2n) is 10.5. The summed E-state index contributed by atoms with van der Waals surface area (Å²) in [6.07, 6.45) is 16.9. The summed E-state index contributed by atoms with van der Waals surface area (Å²) >= 11 is 0. The molecule has 0 aliphatic rings. The molecule has 1 rings (SSSR count). The maximum absolute atomic E-state index is 5.77. The lowest BCUT2D eigenvalue weighted by atomic mass is 10.0. The van der Waals surface area contributed by atoms with Gasteiger partial charge in [0.05, 0.1) is 72.7 Å². The predicted octanol–water partition coefficient (Wildman–Crippen LogP) is 7.43. The Morgan fingerprint density at radius 3 is 1.20 bits per heavy atom. The molecule has 0 atom stereocenters. The fourth-order valence-corrected chi connectivity index (χ4v) is 4.27. The van der Waals surface area contributed by atoms with Crippen molar-refractivity contribution in [3.8, 4) is 5.75 Å². The molecule has 0 heterocycles. The van der Waals surface area contributed by atoms with E-state index >= 15 is 0 Å². The fourth-order valence-electron chi connectivity index (χ4n) is 4.27. The summed E-state index contributed by atoms with van der Waals surface area (Å²) in [5.74, 6) is 0.897. The molecule has 0 bridgehead atoms. The number of benzene rings is 1. The van der Waals surface area contributed by atoms with Crippen LogP contribution in [-0.2, 0) is 34.8 Å². The van der Waals surface area contributed by atoms with E-state index in [1.165, 1.54) is 76.2 Å². The van der Waals surface area contributed by atoms with Gasteiger partial charge in [-0.25, -0.2) is 0 Å². The zero-order valence-electron chi connectivity index (χ0n) is 26.6. The van der Waals surface area contributed by atoms with Gasteiger partial charge in [-0.15, -0.1) is 0 Å². The first-order chi connectivity index (χ1) is 20.4. The molecule has 0 amide bonds. The number of aryl methyl sites for hydroxylation is 1. The van der Waals surface area contributed by atoms with Crippen LogP contribution < -0.4 is 4.74 Å². The van der Waals surface area contributed by atoms with E-state index in [4.69, 9.17) is 33.2 Å². The largest absolute Gasteiger partial charge is 0.491 e. The monoisotopic (exact) mass is 582 g/mol. The van der Waals surface area contributed by atoms with Crippen LogP contribution in [0.2, 0.25) is 0 Å². The molecule has 0 spiro atoms. The maximum atomic E-state index is 5.77. The molecule has 41 heavy (non-hydrogen) atoms. The van der Waals surface area contributed by atoms with Gasteiger partial charge >= 0.3 is 0 Å². The number of hydrogen-bond donors (Lipinski definition) is 0. The zero-order valence-corrected chi connectivity index (χ0v) is 26.6. The van der Waals surface area contributed by atoms with Gasteiger partial charge in [-0.3, -0.25) is 0 Å². The van der Waals surface area contributed by atoms with Crippen molar-refractivity contribution >= 4 is 0 Å². The number of hydrogen-bond acceptors (Lipinski definition) is 7. The topological polar surface area (TPSA) is 64.6 Å². The van der Waals surface area contributed by atoms with Gasteiger partial charge in [0.1, 0.15) is 12.4 Å². The highest BCUT2D eigenvalue weighted by Gasteiger charge is 1.99. The molecule has 0 saturated carbocycles. The van der Waals surface area contributed by atoms with Gasteiger partial charge in [-0.1, -0.05) is 90.2 Å². The smallest absolute Gasteiger partial charge is 0.119 e. The molecule has 0 unspecified atom stereocenters. The lowest BCUT2D eigenvalue weighted by Crippen LogP contribution is -2.14. The molecule has 0 saturated heterocycles. The van der Waals surface area contributed by atoms with Crippen LogP contribution in [0.4, 0.5) is 0 Å². The molecular formula is C34H62O7. The summed E-state index contributed by atoms with van der Waals surface area (Å²) in [7, 11) is 0. The summed E-state index contributed by atoms with van der Waals surface area (Å²) in [5, 5.41) is 0. The highest BCUT2D eigenvalue weighted by molar-refractivity contribution is 5.27. The summed E-state index contributed by atoms with van der Waals surface area (Å²) in [6.45, 7) is 12.2. The predicted molar refractivity (Wildman–Crippen MR) is 167 cm³/mol. The highest BCUT2D eigenvalue weighted by atomic mass is 16.6. The zero-order chi connectivity index (χ0) is 29.3. The Kier molecular flexibility index (Phi) is 29.2. The van der Waals surface area contributed by atoms with Crippen LogP contribution in [0.15, 0.2) is 24.3 Å². The van der Waals surface area contributed by atoms with Gasteiger partial charge in [0.15, 0.2) is 0 Å². The average Bonchev–Trinajstić information content (AvgIpc) is 2.99. The second kappa shape index (κ2) is 31.7. The van der Waals surface area contributed by atoms with E-state index in [-0.39, 0.29) is 0 Å². The van der Waals surface area contributed by atoms with Crippen molar-refractivity contribution in [2.45, 2.75) is 97.3 Å². The van der Waals surface area contributed by atoms with Gasteiger partial charge in [0, 0.05) is 6.61 Å². The summed E-state index contributed by atoms with van der Waals surface area (Å²) < 4.78 is 39.0. The van der Waals surface area contributed by atoms with E-state index in [9.17, 15) is 0 Å². The van der Waals surface area contributed by atoms with Crippen molar-refractivity contribution in [2.75, 3.05) is 85.9 Å². The van der Waals surface area contributed by atoms with Gasteiger partial charge in [0.2, 0.25) is 0 Å². The number of unbranched alkanes of at least 4 members (excludes halogenated alkanes) is 10. The third kappa shape index (κ3) is 27.4. The van der Waals surface area contributed by atoms with Crippen LogP contribution in [-0.4, -0.2) is 85.9 Å². The minimum atomic E-state index is 0.540. The van der Waals surface area contributed by atoms with E-state index in [1.54, 1.807) is 0 Å². The van der Waals surface area contributed by atoms with Gasteiger partial charge < -0.3 is 33.2 Å². The van der Waals surface area contributed by atoms with Crippen molar-refractivity contribution in [3.05, 3.63) is 29.8 Å². The minimum Gasteiger partial charge on any atom is -0.491 e. The standard InChI is InChI=1S/C34H62O7/c1-3-5-7-9-11-13-15-33-16-18-34(19-17-33)41-32-31-40-30-29-39-28-27-38-26-25-37-24-23-36-22-21-35-20-14-12-10-8-6-4-2/h16-19H,3-15,20-32H2,1-2H3. The van der Waals surface area contributed by atoms with Crippen LogP contribution in [0.1, 0.15) is 96.5 Å². The van der Waals surface area contributed by atoms with Crippen molar-refractivity contribution in [2.24, 2.45) is 0 Å². The average molecular weight is 583 g/mol. The van der Waals surface area contributed by atoms with Crippen LogP contribution in [0, 0.1) is 0 Å². The van der Waals surface area contributed by atoms with E-state index in [0.29, 0.717) is 79.3 Å². The third-order valence-corrected chi connectivity index (χ3v) is 6.74. The van der Waals surface area contributed by atoms with Crippen molar-refractivity contribution in [1.29, 1.82) is 0 Å². The Balaban J connectivity index is 1.74. The van der Waals surface area contributed by atoms with Gasteiger partial charge in [-0.05, 0) is 37.0 Å². The number of rotatable bonds is 33. The molecule has 240 valence electrons. The molecule has 0 fully saturated rings. The lowest BCUT2D eigenvalue weighted by molar-refractivity contribution is -0.0179. The summed E-state index contributed by atoms with van der Waals surface area (Å²) in [6, 6.07) is 8.47. The van der Waals surface area contributed by atoms with Gasteiger partial charge in [-0.2, -0.15) is 0 Å². The number of ether oxygens (including phenoxy) is 7. The fraction of sp³-hybridized carbons (Fsp3) is 0.824. The normalized spacial score (nSPS) is 11.4. The second-order valence-corrected chi connectivity index (χ2v) is 10.5. The Morgan fingerprint density at radius 1 is 0.366 bits per heavy atom. The first-order valence-electron chi connectivity index (χ1n) is 16.5. The Bertz CT molecular complexity index is 626. The SMILES string of the molecule is CCCCCCCCOCCOCCOCCOCCOCCOCCOc1ccc(CCCCCCCC)cc1. The van der Waals surface area contributed by atoms with E-state index in [1.807, 2.05) is 0 Å². The lowest BCUT2D eigenvalue weighted by Gasteiger charge is -2.09. The first kappa shape index (κ1) is 37.8. The molecule has 0 radical (unpaired) electrons. The minimum absolute atomic E-state index is 0.540. The molecule has 1 aromatic rings. The Labute approximate surface area is 251 Å². The summed E-state index contributed by atoms with van der Waals surface area (Å²) in [5.41, 5.74) is 1.39. The molecule has 1 aromatic carbocycles. The van der Waals surface area contributed by atoms with Crippen molar-refractivity contribution < 1.29 is 33.2 Å². The van der Waals surface area contributed by atoms with Crippen LogP contribution in [0.3, 0.4) is 0 Å². The van der Waals surface area contributed by atoms with E-state index in [2.05, 4.69) is 38.1 Å². The van der Waals surface area contributed by atoms with E-state index in [0.717, 1.165) is 25.2 Å². The molecular weight excluding hydrogens is 520 g/mol. The molecule has 0 aliphatic heterocycles. The molecule has 0 N–H and O–H groups in total. The third-order valence-electron chi connectivity index (χ3n) is 6.74. The van der Waals surface area contributed by atoms with Crippen molar-refractivity contribution in [3.63, 3.8) is 0 Å². The Morgan fingerprint density at radius 2 is 0.732 bits per heavy atom. The van der Waals surface area contributed by atoms with E-state index < -0.39 is 0 Å². The van der Waals surface area contributed by atoms with Gasteiger partial charge in [0.25, 0.3) is 0 Å². The van der Waals surface area contributed by atoms with Crippen LogP contribution in [0.5, 0.6) is 5.75 Å². The van der Waals surface area contributed by atoms with Crippen LogP contribution in [0.25, 0.3) is 0 Å². The highest BCUT2D eigenvalue weighted by Crippen LogP contribution is 2.15. The Hall–Kier alpha value is -1.22. The van der Waals surface area contributed by atoms with Crippen LogP contribution >= 0.6 is 0 Å². The summed E-state index contributed by atoms with van der Waals surface area (Å²) in [4.78, 5) is 0. The quantitative estimate of drug-likeness (QED) is 0.0799. The molecule has 7 nitrogen and oxygen atoms in total. The van der Waals surface area contributed by atoms with Crippen molar-refractivity contribution in [1.82, 2.24) is 0 Å².